The minimum absolute atomic E-state index is 0.164. The largest absolute Gasteiger partial charge is 0.493 e. The third-order valence-electron chi connectivity index (χ3n) is 3.12. The average Bonchev–Trinajstić information content (AvgIpc) is 2.46. The summed E-state index contributed by atoms with van der Waals surface area (Å²) in [5.74, 6) is 1.59. The van der Waals surface area contributed by atoms with Gasteiger partial charge in [0.05, 0.1) is 14.2 Å². The lowest BCUT2D eigenvalue weighted by Crippen LogP contribution is -1.96. The van der Waals surface area contributed by atoms with E-state index >= 15 is 0 Å². The molecule has 20 heavy (non-hydrogen) atoms. The molecule has 0 atom stereocenters. The molecule has 0 spiro atoms. The van der Waals surface area contributed by atoms with Gasteiger partial charge in [-0.25, -0.2) is 0 Å². The minimum Gasteiger partial charge on any atom is -0.493 e. The molecule has 104 valence electrons. The van der Waals surface area contributed by atoms with Gasteiger partial charge < -0.3 is 9.47 Å². The van der Waals surface area contributed by atoms with Gasteiger partial charge in [-0.2, -0.15) is 0 Å². The minimum atomic E-state index is 0.164. The van der Waals surface area contributed by atoms with Crippen LogP contribution < -0.4 is 9.47 Å². The van der Waals surface area contributed by atoms with E-state index < -0.39 is 0 Å². The van der Waals surface area contributed by atoms with Crippen LogP contribution in [0.15, 0.2) is 42.5 Å². The smallest absolute Gasteiger partial charge is 0.168 e. The summed E-state index contributed by atoms with van der Waals surface area (Å²) in [5.41, 5.74) is 3.03. The van der Waals surface area contributed by atoms with Crippen LogP contribution in [0.2, 0.25) is 0 Å². The maximum Gasteiger partial charge on any atom is 0.168 e. The van der Waals surface area contributed by atoms with Gasteiger partial charge in [0.15, 0.2) is 11.5 Å². The zero-order valence-corrected chi connectivity index (χ0v) is 12.0. The fourth-order valence-electron chi connectivity index (χ4n) is 2.20. The highest BCUT2D eigenvalue weighted by atomic mass is 16.5. The molecule has 0 aliphatic rings. The SMILES string of the molecule is COc1cccc(-c2ccc(CC(C)=O)cc2)c1OC. The summed E-state index contributed by atoms with van der Waals surface area (Å²) >= 11 is 0. The van der Waals surface area contributed by atoms with Gasteiger partial charge >= 0.3 is 0 Å². The number of benzene rings is 2. The number of carbonyl (C=O) groups is 1. The van der Waals surface area contributed by atoms with Crippen LogP contribution in [0.1, 0.15) is 12.5 Å². The molecule has 0 unspecified atom stereocenters. The number of rotatable bonds is 5. The topological polar surface area (TPSA) is 35.5 Å². The Bertz CT molecular complexity index is 600. The Morgan fingerprint density at radius 1 is 1.00 bits per heavy atom. The van der Waals surface area contributed by atoms with E-state index in [0.29, 0.717) is 17.9 Å². The van der Waals surface area contributed by atoms with Crippen molar-refractivity contribution in [3.05, 3.63) is 48.0 Å². The Balaban J connectivity index is 2.39. The van der Waals surface area contributed by atoms with Crippen molar-refractivity contribution in [1.29, 1.82) is 0 Å². The molecular weight excluding hydrogens is 252 g/mol. The molecule has 3 heteroatoms. The maximum atomic E-state index is 11.1. The molecule has 0 aliphatic heterocycles. The predicted molar refractivity (Wildman–Crippen MR) is 79.4 cm³/mol. The van der Waals surface area contributed by atoms with E-state index in [1.165, 1.54) is 0 Å². The summed E-state index contributed by atoms with van der Waals surface area (Å²) in [6, 6.07) is 13.7. The second-order valence-corrected chi connectivity index (χ2v) is 4.62. The normalized spacial score (nSPS) is 10.2. The monoisotopic (exact) mass is 270 g/mol. The first-order valence-corrected chi connectivity index (χ1v) is 6.45. The van der Waals surface area contributed by atoms with Crippen LogP contribution in [0.3, 0.4) is 0 Å². The zero-order valence-electron chi connectivity index (χ0n) is 12.0. The van der Waals surface area contributed by atoms with Gasteiger partial charge in [0, 0.05) is 12.0 Å². The van der Waals surface area contributed by atoms with Crippen LogP contribution in [-0.4, -0.2) is 20.0 Å². The Labute approximate surface area is 119 Å². The summed E-state index contributed by atoms with van der Waals surface area (Å²) < 4.78 is 10.7. The molecule has 0 fully saturated rings. The van der Waals surface area contributed by atoms with Crippen molar-refractivity contribution in [3.63, 3.8) is 0 Å². The number of hydrogen-bond donors (Lipinski definition) is 0. The second kappa shape index (κ2) is 6.24. The molecular formula is C17H18O3. The molecule has 0 amide bonds. The number of methoxy groups -OCH3 is 2. The molecule has 0 saturated heterocycles. The molecule has 0 bridgehead atoms. The molecule has 2 rings (SSSR count). The van der Waals surface area contributed by atoms with Gasteiger partial charge in [0.25, 0.3) is 0 Å². The average molecular weight is 270 g/mol. The van der Waals surface area contributed by atoms with E-state index in [1.807, 2.05) is 42.5 Å². The predicted octanol–water partition coefficient (Wildman–Crippen LogP) is 3.50. The molecule has 0 aliphatic carbocycles. The first kappa shape index (κ1) is 14.1. The summed E-state index contributed by atoms with van der Waals surface area (Å²) in [6.45, 7) is 1.60. The fraction of sp³-hybridized carbons (Fsp3) is 0.235. The Morgan fingerprint density at radius 2 is 1.70 bits per heavy atom. The van der Waals surface area contributed by atoms with E-state index in [0.717, 1.165) is 16.7 Å². The van der Waals surface area contributed by atoms with Crippen molar-refractivity contribution in [2.24, 2.45) is 0 Å². The number of carbonyl (C=O) groups excluding carboxylic acids is 1. The van der Waals surface area contributed by atoms with Gasteiger partial charge in [-0.05, 0) is 24.1 Å². The van der Waals surface area contributed by atoms with Gasteiger partial charge in [-0.15, -0.1) is 0 Å². The Morgan fingerprint density at radius 3 is 2.25 bits per heavy atom. The van der Waals surface area contributed by atoms with Crippen molar-refractivity contribution < 1.29 is 14.3 Å². The number of para-hydroxylation sites is 1. The summed E-state index contributed by atoms with van der Waals surface area (Å²) in [6.07, 6.45) is 0.468. The molecule has 0 heterocycles. The van der Waals surface area contributed by atoms with Gasteiger partial charge in [-0.1, -0.05) is 36.4 Å². The molecule has 2 aromatic carbocycles. The summed E-state index contributed by atoms with van der Waals surface area (Å²) in [7, 11) is 3.25. The maximum absolute atomic E-state index is 11.1. The molecule has 3 nitrogen and oxygen atoms in total. The number of hydrogen-bond acceptors (Lipinski definition) is 3. The molecule has 0 aromatic heterocycles. The number of ether oxygens (including phenoxy) is 2. The number of ketones is 1. The Hall–Kier alpha value is -2.29. The van der Waals surface area contributed by atoms with E-state index in [-0.39, 0.29) is 5.78 Å². The quantitative estimate of drug-likeness (QED) is 0.834. The molecule has 2 aromatic rings. The van der Waals surface area contributed by atoms with Crippen LogP contribution in [0.25, 0.3) is 11.1 Å². The van der Waals surface area contributed by atoms with Gasteiger partial charge in [-0.3, -0.25) is 4.79 Å². The van der Waals surface area contributed by atoms with Crippen molar-refractivity contribution in [2.75, 3.05) is 14.2 Å². The molecule has 0 radical (unpaired) electrons. The van der Waals surface area contributed by atoms with Crippen LogP contribution in [-0.2, 0) is 11.2 Å². The van der Waals surface area contributed by atoms with Crippen molar-refractivity contribution >= 4 is 5.78 Å². The summed E-state index contributed by atoms with van der Waals surface area (Å²) in [5, 5.41) is 0. The van der Waals surface area contributed by atoms with E-state index in [2.05, 4.69) is 0 Å². The Kier molecular flexibility index (Phi) is 4.41. The summed E-state index contributed by atoms with van der Waals surface area (Å²) in [4.78, 5) is 11.1. The van der Waals surface area contributed by atoms with Crippen LogP contribution in [0, 0.1) is 0 Å². The zero-order chi connectivity index (χ0) is 14.5. The van der Waals surface area contributed by atoms with Gasteiger partial charge in [0.1, 0.15) is 5.78 Å². The lowest BCUT2D eigenvalue weighted by Gasteiger charge is -2.13. The van der Waals surface area contributed by atoms with E-state index in [4.69, 9.17) is 9.47 Å². The van der Waals surface area contributed by atoms with Crippen molar-refractivity contribution in [2.45, 2.75) is 13.3 Å². The van der Waals surface area contributed by atoms with Crippen LogP contribution in [0.5, 0.6) is 11.5 Å². The molecule has 0 saturated carbocycles. The van der Waals surface area contributed by atoms with Crippen molar-refractivity contribution in [3.8, 4) is 22.6 Å². The van der Waals surface area contributed by atoms with Crippen LogP contribution >= 0.6 is 0 Å². The van der Waals surface area contributed by atoms with Crippen LogP contribution in [0.4, 0.5) is 0 Å². The first-order valence-electron chi connectivity index (χ1n) is 6.45. The third-order valence-corrected chi connectivity index (χ3v) is 3.12. The third kappa shape index (κ3) is 2.99. The number of Topliss-reactive ketones (excluding diaryl/α,β-unsaturated/α-hetero) is 1. The standard InChI is InChI=1S/C17H18O3/c1-12(18)11-13-7-9-14(10-8-13)15-5-4-6-16(19-2)17(15)20-3/h4-10H,11H2,1-3H3. The highest BCUT2D eigenvalue weighted by molar-refractivity contribution is 5.79. The van der Waals surface area contributed by atoms with Gasteiger partial charge in [0.2, 0.25) is 0 Å². The first-order chi connectivity index (χ1) is 9.65. The molecule has 0 N–H and O–H groups in total. The highest BCUT2D eigenvalue weighted by Gasteiger charge is 2.11. The lowest BCUT2D eigenvalue weighted by atomic mass is 10.0. The van der Waals surface area contributed by atoms with E-state index in [1.54, 1.807) is 21.1 Å². The fourth-order valence-corrected chi connectivity index (χ4v) is 2.20. The lowest BCUT2D eigenvalue weighted by molar-refractivity contribution is -0.116. The van der Waals surface area contributed by atoms with Crippen molar-refractivity contribution in [1.82, 2.24) is 0 Å². The second-order valence-electron chi connectivity index (χ2n) is 4.62. The highest BCUT2D eigenvalue weighted by Crippen LogP contribution is 2.37. The van der Waals surface area contributed by atoms with E-state index in [9.17, 15) is 4.79 Å².